The maximum absolute atomic E-state index is 12.0. The summed E-state index contributed by atoms with van der Waals surface area (Å²) in [4.78, 5) is 16.3. The van der Waals surface area contributed by atoms with Gasteiger partial charge < -0.3 is 15.1 Å². The molecule has 1 unspecified atom stereocenters. The van der Waals surface area contributed by atoms with E-state index in [4.69, 9.17) is 5.26 Å². The summed E-state index contributed by atoms with van der Waals surface area (Å²) >= 11 is 0. The molecule has 0 radical (unpaired) electrons. The number of hydrogen-bond donors (Lipinski definition) is 1. The zero-order valence-corrected chi connectivity index (χ0v) is 13.0. The van der Waals surface area contributed by atoms with Crippen molar-refractivity contribution in [3.8, 4) is 6.07 Å². The van der Waals surface area contributed by atoms with E-state index in [1.807, 2.05) is 31.9 Å². The van der Waals surface area contributed by atoms with Crippen LogP contribution in [-0.4, -0.2) is 55.0 Å². The predicted octanol–water partition coefficient (Wildman–Crippen LogP) is 1.33. The quantitative estimate of drug-likeness (QED) is 0.609. The highest BCUT2D eigenvalue weighted by molar-refractivity contribution is 5.97. The van der Waals surface area contributed by atoms with Crippen LogP contribution in [0.5, 0.6) is 0 Å². The molecule has 5 nitrogen and oxygen atoms in total. The first-order valence-electron chi connectivity index (χ1n) is 7.31. The second-order valence-electron chi connectivity index (χ2n) is 5.64. The molecule has 1 aliphatic rings. The SMILES string of the molecule is CCC(C)NC(=O)/C(C#N)=C\N(C)C1CCN(C)CC1. The molecule has 1 saturated heterocycles. The van der Waals surface area contributed by atoms with Gasteiger partial charge in [-0.3, -0.25) is 4.79 Å². The van der Waals surface area contributed by atoms with Gasteiger partial charge in [0, 0.05) is 25.3 Å². The smallest absolute Gasteiger partial charge is 0.263 e. The highest BCUT2D eigenvalue weighted by Crippen LogP contribution is 2.15. The minimum Gasteiger partial charge on any atom is -0.376 e. The lowest BCUT2D eigenvalue weighted by Crippen LogP contribution is -2.40. The van der Waals surface area contributed by atoms with Crippen molar-refractivity contribution < 1.29 is 4.79 Å². The maximum atomic E-state index is 12.0. The van der Waals surface area contributed by atoms with Crippen LogP contribution in [-0.2, 0) is 4.79 Å². The highest BCUT2D eigenvalue weighted by atomic mass is 16.1. The number of nitriles is 1. The molecule has 1 N–H and O–H groups in total. The molecule has 20 heavy (non-hydrogen) atoms. The van der Waals surface area contributed by atoms with E-state index in [2.05, 4.69) is 17.3 Å². The van der Waals surface area contributed by atoms with E-state index < -0.39 is 0 Å². The molecule has 0 aliphatic carbocycles. The third kappa shape index (κ3) is 4.86. The number of amides is 1. The minimum atomic E-state index is -0.276. The first-order valence-corrected chi connectivity index (χ1v) is 7.31. The number of piperidine rings is 1. The van der Waals surface area contributed by atoms with Crippen LogP contribution >= 0.6 is 0 Å². The number of likely N-dealkylation sites (tertiary alicyclic amines) is 1. The molecule has 0 aromatic heterocycles. The van der Waals surface area contributed by atoms with Crippen LogP contribution in [0.3, 0.4) is 0 Å². The maximum Gasteiger partial charge on any atom is 0.263 e. The number of nitrogens with one attached hydrogen (secondary N) is 1. The fourth-order valence-electron chi connectivity index (χ4n) is 2.25. The Hall–Kier alpha value is -1.54. The van der Waals surface area contributed by atoms with E-state index in [0.29, 0.717) is 6.04 Å². The second-order valence-corrected chi connectivity index (χ2v) is 5.64. The third-order valence-corrected chi connectivity index (χ3v) is 3.95. The first-order chi connectivity index (χ1) is 9.47. The minimum absolute atomic E-state index is 0.0906. The Labute approximate surface area is 122 Å². The summed E-state index contributed by atoms with van der Waals surface area (Å²) in [6.07, 6.45) is 4.67. The summed E-state index contributed by atoms with van der Waals surface area (Å²) in [5, 5.41) is 12.0. The van der Waals surface area contributed by atoms with Gasteiger partial charge in [0.2, 0.25) is 0 Å². The first kappa shape index (κ1) is 16.5. The predicted molar refractivity (Wildman–Crippen MR) is 79.9 cm³/mol. The molecule has 1 amide bonds. The van der Waals surface area contributed by atoms with E-state index in [9.17, 15) is 4.79 Å². The van der Waals surface area contributed by atoms with Crippen molar-refractivity contribution >= 4 is 5.91 Å². The van der Waals surface area contributed by atoms with Crippen LogP contribution < -0.4 is 5.32 Å². The molecule has 0 saturated carbocycles. The lowest BCUT2D eigenvalue weighted by molar-refractivity contribution is -0.117. The van der Waals surface area contributed by atoms with E-state index in [1.54, 1.807) is 6.20 Å². The Morgan fingerprint density at radius 3 is 2.65 bits per heavy atom. The molecule has 0 bridgehead atoms. The number of carbonyl (C=O) groups is 1. The fourth-order valence-corrected chi connectivity index (χ4v) is 2.25. The number of hydrogen-bond acceptors (Lipinski definition) is 4. The summed E-state index contributed by atoms with van der Waals surface area (Å²) in [7, 11) is 4.07. The van der Waals surface area contributed by atoms with E-state index >= 15 is 0 Å². The highest BCUT2D eigenvalue weighted by Gasteiger charge is 2.20. The summed E-state index contributed by atoms with van der Waals surface area (Å²) < 4.78 is 0. The summed E-state index contributed by atoms with van der Waals surface area (Å²) in [5.41, 5.74) is 0.187. The van der Waals surface area contributed by atoms with Crippen LogP contribution in [0.2, 0.25) is 0 Å². The van der Waals surface area contributed by atoms with Crippen molar-refractivity contribution in [1.29, 1.82) is 5.26 Å². The van der Waals surface area contributed by atoms with Gasteiger partial charge in [0.25, 0.3) is 5.91 Å². The van der Waals surface area contributed by atoms with Gasteiger partial charge in [-0.05, 0) is 46.3 Å². The molecule has 5 heteroatoms. The van der Waals surface area contributed by atoms with Crippen LogP contribution in [0, 0.1) is 11.3 Å². The molecule has 1 atom stereocenters. The van der Waals surface area contributed by atoms with E-state index in [0.717, 1.165) is 32.4 Å². The summed E-state index contributed by atoms with van der Waals surface area (Å²) in [5.74, 6) is -0.276. The van der Waals surface area contributed by atoms with Gasteiger partial charge in [0.1, 0.15) is 11.6 Å². The van der Waals surface area contributed by atoms with Crippen LogP contribution in [0.4, 0.5) is 0 Å². The van der Waals surface area contributed by atoms with Crippen molar-refractivity contribution in [2.45, 2.75) is 45.2 Å². The number of carbonyl (C=O) groups excluding carboxylic acids is 1. The normalized spacial score (nSPS) is 19.2. The fraction of sp³-hybridized carbons (Fsp3) is 0.733. The number of rotatable bonds is 5. The van der Waals surface area contributed by atoms with Gasteiger partial charge in [-0.1, -0.05) is 6.92 Å². The van der Waals surface area contributed by atoms with Crippen molar-refractivity contribution in [3.05, 3.63) is 11.8 Å². The molecule has 1 rings (SSSR count). The Morgan fingerprint density at radius 1 is 1.55 bits per heavy atom. The number of nitrogens with zero attached hydrogens (tertiary/aromatic N) is 3. The third-order valence-electron chi connectivity index (χ3n) is 3.95. The summed E-state index contributed by atoms with van der Waals surface area (Å²) in [6.45, 7) is 6.06. The molecular weight excluding hydrogens is 252 g/mol. The van der Waals surface area contributed by atoms with Gasteiger partial charge in [0.15, 0.2) is 0 Å². The van der Waals surface area contributed by atoms with Crippen molar-refractivity contribution in [2.24, 2.45) is 0 Å². The van der Waals surface area contributed by atoms with E-state index in [1.165, 1.54) is 0 Å². The van der Waals surface area contributed by atoms with Gasteiger partial charge in [-0.25, -0.2) is 0 Å². The van der Waals surface area contributed by atoms with Crippen LogP contribution in [0.25, 0.3) is 0 Å². The molecule has 1 aliphatic heterocycles. The largest absolute Gasteiger partial charge is 0.376 e. The Bertz CT molecular complexity index is 391. The standard InChI is InChI=1S/C15H26N4O/c1-5-12(2)17-15(20)13(10-16)11-19(4)14-6-8-18(3)9-7-14/h11-12,14H,5-9H2,1-4H3,(H,17,20)/b13-11-. The van der Waals surface area contributed by atoms with Crippen molar-refractivity contribution in [2.75, 3.05) is 27.2 Å². The molecule has 0 aromatic carbocycles. The average molecular weight is 278 g/mol. The molecule has 1 heterocycles. The molecule has 0 aromatic rings. The second kappa shape index (κ2) is 7.91. The lowest BCUT2D eigenvalue weighted by Gasteiger charge is -2.34. The topological polar surface area (TPSA) is 59.4 Å². The van der Waals surface area contributed by atoms with Gasteiger partial charge in [-0.2, -0.15) is 5.26 Å². The van der Waals surface area contributed by atoms with Crippen LogP contribution in [0.15, 0.2) is 11.8 Å². The molecular formula is C15H26N4O. The van der Waals surface area contributed by atoms with Crippen LogP contribution in [0.1, 0.15) is 33.1 Å². The van der Waals surface area contributed by atoms with Crippen molar-refractivity contribution in [3.63, 3.8) is 0 Å². The summed E-state index contributed by atoms with van der Waals surface area (Å²) in [6, 6.07) is 2.51. The van der Waals surface area contributed by atoms with Crippen molar-refractivity contribution in [1.82, 2.24) is 15.1 Å². The van der Waals surface area contributed by atoms with Gasteiger partial charge in [0.05, 0.1) is 0 Å². The zero-order valence-electron chi connectivity index (χ0n) is 13.0. The van der Waals surface area contributed by atoms with Gasteiger partial charge >= 0.3 is 0 Å². The average Bonchev–Trinajstić information content (AvgIpc) is 2.44. The van der Waals surface area contributed by atoms with E-state index in [-0.39, 0.29) is 17.5 Å². The van der Waals surface area contributed by atoms with Gasteiger partial charge in [-0.15, -0.1) is 0 Å². The molecule has 0 spiro atoms. The Kier molecular flexibility index (Phi) is 6.53. The molecule has 112 valence electrons. The zero-order chi connectivity index (χ0) is 15.1. The monoisotopic (exact) mass is 278 g/mol. The lowest BCUT2D eigenvalue weighted by atomic mass is 10.0. The Morgan fingerprint density at radius 2 is 2.15 bits per heavy atom. The molecule has 1 fully saturated rings. The Balaban J connectivity index is 2.64.